The van der Waals surface area contributed by atoms with Gasteiger partial charge in [-0.2, -0.15) is 0 Å². The molecular weight excluding hydrogens is 238 g/mol. The predicted molar refractivity (Wildman–Crippen MR) is 78.8 cm³/mol. The largest absolute Gasteiger partial charge is 0.374 e. The Morgan fingerprint density at radius 1 is 1.37 bits per heavy atom. The van der Waals surface area contributed by atoms with E-state index in [4.69, 9.17) is 10.6 Å². The minimum Gasteiger partial charge on any atom is -0.374 e. The van der Waals surface area contributed by atoms with E-state index in [9.17, 15) is 0 Å². The number of nitrogens with one attached hydrogen (secondary N) is 1. The van der Waals surface area contributed by atoms with E-state index in [1.165, 1.54) is 5.56 Å². The smallest absolute Gasteiger partial charge is 0.0821 e. The highest BCUT2D eigenvalue weighted by Crippen LogP contribution is 2.22. The number of pyridine rings is 1. The van der Waals surface area contributed by atoms with Crippen LogP contribution < -0.4 is 11.3 Å². The molecule has 1 aromatic rings. The topological polar surface area (TPSA) is 60.2 Å². The SMILES string of the molecule is CCOC(C)(CC)C(Cc1ccc(CC)cn1)NN. The number of hydrogen-bond acceptors (Lipinski definition) is 4. The van der Waals surface area contributed by atoms with E-state index < -0.39 is 0 Å². The lowest BCUT2D eigenvalue weighted by Gasteiger charge is -2.36. The normalized spacial score (nSPS) is 16.1. The van der Waals surface area contributed by atoms with Gasteiger partial charge in [-0.1, -0.05) is 19.9 Å². The van der Waals surface area contributed by atoms with Crippen molar-refractivity contribution in [2.75, 3.05) is 6.61 Å². The van der Waals surface area contributed by atoms with Crippen LogP contribution in [0.3, 0.4) is 0 Å². The average molecular weight is 265 g/mol. The van der Waals surface area contributed by atoms with E-state index in [0.29, 0.717) is 6.61 Å². The summed E-state index contributed by atoms with van der Waals surface area (Å²) in [6.45, 7) is 9.04. The summed E-state index contributed by atoms with van der Waals surface area (Å²) in [4.78, 5) is 4.49. The number of hydrazine groups is 1. The number of aryl methyl sites for hydroxylation is 1. The van der Waals surface area contributed by atoms with Gasteiger partial charge in [-0.3, -0.25) is 16.3 Å². The molecule has 3 N–H and O–H groups in total. The maximum absolute atomic E-state index is 5.88. The molecule has 0 aliphatic carbocycles. The van der Waals surface area contributed by atoms with Crippen molar-refractivity contribution in [1.29, 1.82) is 0 Å². The molecule has 0 aliphatic rings. The molecule has 0 spiro atoms. The zero-order valence-electron chi connectivity index (χ0n) is 12.6. The van der Waals surface area contributed by atoms with E-state index in [2.05, 4.69) is 43.3 Å². The fourth-order valence-electron chi connectivity index (χ4n) is 2.22. The monoisotopic (exact) mass is 265 g/mol. The van der Waals surface area contributed by atoms with Crippen molar-refractivity contribution in [3.05, 3.63) is 29.6 Å². The first-order valence-electron chi connectivity index (χ1n) is 7.13. The molecule has 0 aliphatic heterocycles. The predicted octanol–water partition coefficient (Wildman–Crippen LogP) is 2.22. The Kier molecular flexibility index (Phi) is 6.42. The highest BCUT2D eigenvalue weighted by Gasteiger charge is 2.32. The Morgan fingerprint density at radius 3 is 2.53 bits per heavy atom. The molecule has 1 rings (SSSR count). The van der Waals surface area contributed by atoms with E-state index in [0.717, 1.165) is 25.0 Å². The number of aromatic nitrogens is 1. The molecule has 1 aromatic heterocycles. The maximum atomic E-state index is 5.88. The molecule has 19 heavy (non-hydrogen) atoms. The molecule has 0 fully saturated rings. The average Bonchev–Trinajstić information content (AvgIpc) is 2.45. The molecule has 0 aromatic carbocycles. The summed E-state index contributed by atoms with van der Waals surface area (Å²) in [6.07, 6.45) is 4.62. The maximum Gasteiger partial charge on any atom is 0.0821 e. The number of nitrogens with two attached hydrogens (primary N) is 1. The van der Waals surface area contributed by atoms with Crippen LogP contribution in [-0.2, 0) is 17.6 Å². The molecule has 0 saturated carbocycles. The van der Waals surface area contributed by atoms with Gasteiger partial charge < -0.3 is 4.74 Å². The molecule has 4 heteroatoms. The van der Waals surface area contributed by atoms with Crippen LogP contribution in [0.1, 0.15) is 45.4 Å². The fourth-order valence-corrected chi connectivity index (χ4v) is 2.22. The van der Waals surface area contributed by atoms with E-state index >= 15 is 0 Å². The summed E-state index contributed by atoms with van der Waals surface area (Å²) in [7, 11) is 0. The zero-order chi connectivity index (χ0) is 14.3. The van der Waals surface area contributed by atoms with Crippen molar-refractivity contribution < 1.29 is 4.74 Å². The van der Waals surface area contributed by atoms with E-state index in [1.54, 1.807) is 0 Å². The standard InChI is InChI=1S/C15H27N3O/c1-5-12-8-9-13(17-11-12)10-14(18-16)15(4,6-2)19-7-3/h8-9,11,14,18H,5-7,10,16H2,1-4H3. The second-order valence-electron chi connectivity index (χ2n) is 5.03. The van der Waals surface area contributed by atoms with Gasteiger partial charge in [0.1, 0.15) is 0 Å². The number of ether oxygens (including phenoxy) is 1. The van der Waals surface area contributed by atoms with Crippen LogP contribution in [0.15, 0.2) is 18.3 Å². The van der Waals surface area contributed by atoms with Crippen molar-refractivity contribution in [3.63, 3.8) is 0 Å². The summed E-state index contributed by atoms with van der Waals surface area (Å²) < 4.78 is 5.88. The van der Waals surface area contributed by atoms with Crippen LogP contribution in [0, 0.1) is 0 Å². The molecule has 0 amide bonds. The number of hydrogen-bond donors (Lipinski definition) is 2. The molecule has 2 unspecified atom stereocenters. The Balaban J connectivity index is 2.79. The Morgan fingerprint density at radius 2 is 2.11 bits per heavy atom. The molecule has 0 bridgehead atoms. The lowest BCUT2D eigenvalue weighted by Crippen LogP contribution is -2.54. The van der Waals surface area contributed by atoms with Gasteiger partial charge in [0, 0.05) is 24.9 Å². The third-order valence-electron chi connectivity index (χ3n) is 3.82. The van der Waals surface area contributed by atoms with Crippen molar-refractivity contribution >= 4 is 0 Å². The van der Waals surface area contributed by atoms with Crippen LogP contribution in [0.4, 0.5) is 0 Å². The summed E-state index contributed by atoms with van der Waals surface area (Å²) in [5.74, 6) is 5.71. The quantitative estimate of drug-likeness (QED) is 0.559. The molecule has 0 saturated heterocycles. The summed E-state index contributed by atoms with van der Waals surface area (Å²) in [6, 6.07) is 4.25. The minimum absolute atomic E-state index is 0.0532. The van der Waals surface area contributed by atoms with Gasteiger partial charge in [0.05, 0.1) is 11.6 Å². The minimum atomic E-state index is -0.269. The van der Waals surface area contributed by atoms with Gasteiger partial charge in [0.2, 0.25) is 0 Å². The molecule has 2 atom stereocenters. The fraction of sp³-hybridized carbons (Fsp3) is 0.667. The molecule has 108 valence electrons. The molecule has 0 radical (unpaired) electrons. The second-order valence-corrected chi connectivity index (χ2v) is 5.03. The van der Waals surface area contributed by atoms with Crippen LogP contribution >= 0.6 is 0 Å². The first-order chi connectivity index (χ1) is 9.09. The van der Waals surface area contributed by atoms with Gasteiger partial charge in [0.25, 0.3) is 0 Å². The van der Waals surface area contributed by atoms with Gasteiger partial charge in [-0.25, -0.2) is 0 Å². The van der Waals surface area contributed by atoms with Gasteiger partial charge in [-0.15, -0.1) is 0 Å². The van der Waals surface area contributed by atoms with E-state index in [1.807, 2.05) is 13.1 Å². The van der Waals surface area contributed by atoms with Crippen molar-refractivity contribution in [2.45, 2.75) is 58.6 Å². The summed E-state index contributed by atoms with van der Waals surface area (Å²) in [5, 5.41) is 0. The third kappa shape index (κ3) is 4.27. The van der Waals surface area contributed by atoms with Crippen LogP contribution in [0.25, 0.3) is 0 Å². The Labute approximate surface area is 116 Å². The Hall–Kier alpha value is -0.970. The number of rotatable bonds is 8. The first kappa shape index (κ1) is 16.1. The van der Waals surface area contributed by atoms with Crippen LogP contribution in [0.5, 0.6) is 0 Å². The van der Waals surface area contributed by atoms with Crippen LogP contribution in [0.2, 0.25) is 0 Å². The van der Waals surface area contributed by atoms with Crippen LogP contribution in [-0.4, -0.2) is 23.2 Å². The highest BCUT2D eigenvalue weighted by molar-refractivity contribution is 5.15. The van der Waals surface area contributed by atoms with Crippen molar-refractivity contribution in [1.82, 2.24) is 10.4 Å². The van der Waals surface area contributed by atoms with Gasteiger partial charge in [0.15, 0.2) is 0 Å². The Bertz CT molecular complexity index is 366. The van der Waals surface area contributed by atoms with E-state index in [-0.39, 0.29) is 11.6 Å². The summed E-state index contributed by atoms with van der Waals surface area (Å²) >= 11 is 0. The van der Waals surface area contributed by atoms with Crippen molar-refractivity contribution in [2.24, 2.45) is 5.84 Å². The lowest BCUT2D eigenvalue weighted by atomic mass is 9.90. The first-order valence-corrected chi connectivity index (χ1v) is 7.13. The van der Waals surface area contributed by atoms with Crippen molar-refractivity contribution in [3.8, 4) is 0 Å². The highest BCUT2D eigenvalue weighted by atomic mass is 16.5. The van der Waals surface area contributed by atoms with Gasteiger partial charge in [-0.05, 0) is 38.3 Å². The zero-order valence-corrected chi connectivity index (χ0v) is 12.6. The molecular formula is C15H27N3O. The summed E-state index contributed by atoms with van der Waals surface area (Å²) in [5.41, 5.74) is 4.92. The number of nitrogens with zero attached hydrogens (tertiary/aromatic N) is 1. The molecule has 4 nitrogen and oxygen atoms in total. The third-order valence-corrected chi connectivity index (χ3v) is 3.82. The molecule has 1 heterocycles. The second kappa shape index (κ2) is 7.58. The lowest BCUT2D eigenvalue weighted by molar-refractivity contribution is -0.0552. The van der Waals surface area contributed by atoms with Gasteiger partial charge >= 0.3 is 0 Å².